The molecule has 2 aliphatic carbocycles. The van der Waals surface area contributed by atoms with Gasteiger partial charge in [-0.3, -0.25) is 15.0 Å². The van der Waals surface area contributed by atoms with Crippen LogP contribution >= 0.6 is 47.8 Å². The van der Waals surface area contributed by atoms with E-state index >= 15 is 0 Å². The van der Waals surface area contributed by atoms with Crippen LogP contribution in [0.4, 0.5) is 11.4 Å². The Labute approximate surface area is 758 Å². The molecule has 4 heterocycles. The number of halogens is 3. The summed E-state index contributed by atoms with van der Waals surface area (Å²) >= 11 is 10.8. The van der Waals surface area contributed by atoms with E-state index in [0.717, 1.165) is 57.6 Å². The third-order valence-corrected chi connectivity index (χ3v) is 28.6. The van der Waals surface area contributed by atoms with Crippen molar-refractivity contribution >= 4 is 212 Å². The van der Waals surface area contributed by atoms with Crippen LogP contribution in [0.1, 0.15) is 77.6 Å². The van der Waals surface area contributed by atoms with Gasteiger partial charge in [-0.05, 0) is 290 Å². The second-order valence-corrected chi connectivity index (χ2v) is 37.6. The molecule has 1 fully saturated rings. The highest BCUT2D eigenvalue weighted by Gasteiger charge is 2.53. The Morgan fingerprint density at radius 2 is 0.627 bits per heavy atom. The average molecular weight is 1820 g/mol. The molecule has 1 saturated heterocycles. The fourth-order valence-corrected chi connectivity index (χ4v) is 20.7. The number of fused-ring (bicyclic) bond motifs is 24. The average Bonchev–Trinajstić information content (AvgIpc) is 1.51. The van der Waals surface area contributed by atoms with E-state index in [2.05, 4.69) is 424 Å². The molecule has 0 saturated carbocycles. The van der Waals surface area contributed by atoms with Crippen molar-refractivity contribution in [2.45, 2.75) is 77.4 Å². The number of nitrogen functional groups attached to an aromatic ring is 2. The molecule has 11 heteroatoms. The van der Waals surface area contributed by atoms with Gasteiger partial charge < -0.3 is 20.8 Å². The minimum absolute atomic E-state index is 0.0253. The highest BCUT2D eigenvalue weighted by Crippen LogP contribution is 2.53. The number of nitrogens with zero attached hydrogens (tertiary/aromatic N) is 3. The molecule has 0 amide bonds. The largest absolute Gasteiger partial charge is 0.497 e. The standard InChI is InChI=1S/C32H23N.C23H22BNO2.C17H10BrN.C15H13Br.C14H10BrN.C14H11N/c1-32(2)28-12-6-5-11-24(28)25-15-14-21(19-29(25)32)30-26-16-13-20-8-3-4-10-23(20)27(26)18-22-9-7-17-33-31(22)30;1-22(2)23(3,4)27-24(26-22)20-18-12-11-15-8-5-6-10-17(15)19(18)14-16-9-7-13-25-21(16)20;18-16-14-8-7-11-4-1-2-6-13(11)15(14)10-12-5-3-9-19-17(12)16;1-15(2)13-6-4-3-5-11(13)12-8-7-10(16)9-14(12)15;15-14-12-6-5-9-3-1-2-4-10(9)11(12)7-8-13(14)16;15-12-7-8-14-11(9-12)6-5-10-3-1-2-4-13(10)14/h3-19H,1-2H3;5-14H,1-4H3;1-10H;3-9H,1-2H3;1-8H,16H2;1-9H,15H2. The molecule has 0 spiro atoms. The summed E-state index contributed by atoms with van der Waals surface area (Å²) in [5.74, 6) is 0. The van der Waals surface area contributed by atoms with Crippen molar-refractivity contribution in [3.63, 3.8) is 0 Å². The first-order valence-electron chi connectivity index (χ1n) is 42.8. The summed E-state index contributed by atoms with van der Waals surface area (Å²) in [5, 5.41) is 28.3. The molecule has 0 unspecified atom stereocenters. The quantitative estimate of drug-likeness (QED) is 0.0768. The van der Waals surface area contributed by atoms with E-state index in [1.807, 2.05) is 55.0 Å². The molecule has 1 aliphatic heterocycles. The lowest BCUT2D eigenvalue weighted by atomic mass is 9.74. The van der Waals surface area contributed by atoms with Crippen LogP contribution in [0.15, 0.2) is 384 Å². The van der Waals surface area contributed by atoms with Crippen LogP contribution in [-0.2, 0) is 20.1 Å². The van der Waals surface area contributed by atoms with Gasteiger partial charge in [0.05, 0.1) is 32.2 Å². The van der Waals surface area contributed by atoms with Crippen molar-refractivity contribution in [2.75, 3.05) is 11.5 Å². The Morgan fingerprint density at radius 1 is 0.262 bits per heavy atom. The van der Waals surface area contributed by atoms with Gasteiger partial charge in [0.25, 0.3) is 0 Å². The number of aromatic nitrogens is 3. The number of hydrogen-bond donors (Lipinski definition) is 2. The Bertz CT molecular complexity index is 8150. The molecular formula is C115H89BBr3N5O2. The van der Waals surface area contributed by atoms with Crippen molar-refractivity contribution < 1.29 is 9.31 Å². The van der Waals surface area contributed by atoms with Gasteiger partial charge in [-0.2, -0.15) is 0 Å². The Morgan fingerprint density at radius 3 is 1.17 bits per heavy atom. The maximum Gasteiger partial charge on any atom is 0.497 e. The van der Waals surface area contributed by atoms with E-state index in [-0.39, 0.29) is 10.8 Å². The van der Waals surface area contributed by atoms with E-state index in [0.29, 0.717) is 0 Å². The van der Waals surface area contributed by atoms with E-state index in [1.54, 1.807) is 0 Å². The lowest BCUT2D eigenvalue weighted by Crippen LogP contribution is -2.41. The zero-order chi connectivity index (χ0) is 86.5. The summed E-state index contributed by atoms with van der Waals surface area (Å²) in [7, 11) is -0.447. The minimum atomic E-state index is -0.447. The molecule has 610 valence electrons. The molecule has 19 aromatic carbocycles. The van der Waals surface area contributed by atoms with Crippen LogP contribution in [0.25, 0.3) is 174 Å². The predicted molar refractivity (Wildman–Crippen MR) is 548 cm³/mol. The first kappa shape index (κ1) is 81.4. The number of hydrogen-bond acceptors (Lipinski definition) is 7. The number of pyridine rings is 3. The zero-order valence-electron chi connectivity index (χ0n) is 71.2. The topological polar surface area (TPSA) is 109 Å². The minimum Gasteiger partial charge on any atom is -0.399 e. The summed E-state index contributed by atoms with van der Waals surface area (Å²) in [4.78, 5) is 14.0. The van der Waals surface area contributed by atoms with Crippen molar-refractivity contribution in [2.24, 2.45) is 0 Å². The smallest absolute Gasteiger partial charge is 0.399 e. The monoisotopic (exact) mass is 1820 g/mol. The summed E-state index contributed by atoms with van der Waals surface area (Å²) in [5.41, 5.74) is 30.2. The Balaban J connectivity index is 0.0000000979. The summed E-state index contributed by atoms with van der Waals surface area (Å²) < 4.78 is 16.0. The summed E-state index contributed by atoms with van der Waals surface area (Å²) in [6.45, 7) is 17.6. The Kier molecular flexibility index (Phi) is 21.0. The van der Waals surface area contributed by atoms with Crippen LogP contribution < -0.4 is 16.9 Å². The van der Waals surface area contributed by atoms with Gasteiger partial charge in [-0.1, -0.05) is 323 Å². The van der Waals surface area contributed by atoms with Gasteiger partial charge >= 0.3 is 7.12 Å². The summed E-state index contributed by atoms with van der Waals surface area (Å²) in [6, 6.07) is 124. The SMILES string of the molecule is Brc1c2ccc3ccccc3c2cc2cccnc12.CC1(C)OB(c2c3ccc4ccccc4c3cc3cccnc23)OC1(C)C.CC1(C)c2ccccc2-c2ccc(-c3c4ccc5ccccc5c4cc4cccnc34)cc21.CC1(C)c2ccccc2-c2ccc(Br)cc21.Nc1ccc2c(ccc3ccccc32)c1.Nc1ccc2c(ccc3ccccc32)c1Br. The van der Waals surface area contributed by atoms with E-state index in [4.69, 9.17) is 30.7 Å². The van der Waals surface area contributed by atoms with Crippen LogP contribution in [0, 0.1) is 0 Å². The third kappa shape index (κ3) is 14.4. The molecule has 22 aromatic rings. The number of nitrogens with two attached hydrogens (primary N) is 2. The molecule has 3 aromatic heterocycles. The van der Waals surface area contributed by atoms with Crippen LogP contribution in [0.5, 0.6) is 0 Å². The van der Waals surface area contributed by atoms with Crippen LogP contribution in [0.2, 0.25) is 0 Å². The second-order valence-electron chi connectivity index (χ2n) is 35.1. The second kappa shape index (κ2) is 32.5. The lowest BCUT2D eigenvalue weighted by Gasteiger charge is -2.32. The van der Waals surface area contributed by atoms with Gasteiger partial charge in [-0.25, -0.2) is 0 Å². The van der Waals surface area contributed by atoms with Crippen molar-refractivity contribution in [3.05, 3.63) is 406 Å². The van der Waals surface area contributed by atoms with E-state index < -0.39 is 18.3 Å². The zero-order valence-corrected chi connectivity index (χ0v) is 76.0. The van der Waals surface area contributed by atoms with Gasteiger partial charge in [0.1, 0.15) is 0 Å². The normalized spacial score (nSPS) is 14.1. The fourth-order valence-electron chi connectivity index (χ4n) is 19.2. The van der Waals surface area contributed by atoms with Gasteiger partial charge in [0.2, 0.25) is 0 Å². The Hall–Kier alpha value is -13.0. The fraction of sp³-hybridized carbons (Fsp3) is 0.104. The molecule has 4 N–H and O–H groups in total. The van der Waals surface area contributed by atoms with Gasteiger partial charge in [-0.15, -0.1) is 0 Å². The van der Waals surface area contributed by atoms with Crippen LogP contribution in [0.3, 0.4) is 0 Å². The third-order valence-electron chi connectivity index (χ3n) is 26.4. The molecule has 126 heavy (non-hydrogen) atoms. The number of rotatable bonds is 2. The van der Waals surface area contributed by atoms with Crippen LogP contribution in [-0.4, -0.2) is 33.3 Å². The maximum absolute atomic E-state index is 6.42. The predicted octanol–water partition coefficient (Wildman–Crippen LogP) is 31.3. The summed E-state index contributed by atoms with van der Waals surface area (Å²) in [6.07, 6.45) is 5.58. The molecule has 0 bridgehead atoms. The van der Waals surface area contributed by atoms with Crippen molar-refractivity contribution in [1.29, 1.82) is 0 Å². The first-order chi connectivity index (χ1) is 61.1. The molecular weight excluding hydrogens is 1730 g/mol. The van der Waals surface area contributed by atoms with Gasteiger partial charge in [0, 0.05) is 76.9 Å². The molecule has 0 radical (unpaired) electrons. The first-order valence-corrected chi connectivity index (χ1v) is 45.2. The van der Waals surface area contributed by atoms with E-state index in [9.17, 15) is 0 Å². The van der Waals surface area contributed by atoms with Gasteiger partial charge in [0.15, 0.2) is 0 Å². The highest BCUT2D eigenvalue weighted by atomic mass is 79.9. The molecule has 25 rings (SSSR count). The maximum atomic E-state index is 6.42. The number of anilines is 2. The lowest BCUT2D eigenvalue weighted by molar-refractivity contribution is 0.00578. The molecule has 0 atom stereocenters. The molecule has 7 nitrogen and oxygen atoms in total. The molecule has 3 aliphatic rings. The van der Waals surface area contributed by atoms with Crippen molar-refractivity contribution in [1.82, 2.24) is 15.0 Å². The highest BCUT2D eigenvalue weighted by molar-refractivity contribution is 9.11. The van der Waals surface area contributed by atoms with Crippen molar-refractivity contribution in [3.8, 4) is 33.4 Å². The number of benzene rings is 19. The van der Waals surface area contributed by atoms with E-state index in [1.165, 1.54) is 169 Å².